The first-order chi connectivity index (χ1) is 30.5. The summed E-state index contributed by atoms with van der Waals surface area (Å²) >= 11 is 0. The number of hydrogen-bond acceptors (Lipinski definition) is 8. The molecule has 8 nitrogen and oxygen atoms in total. The second-order valence-electron chi connectivity index (χ2n) is 16.7. The molecule has 62 heavy (non-hydrogen) atoms. The van der Waals surface area contributed by atoms with Crippen molar-refractivity contribution in [3.8, 4) is 47.4 Å². The van der Waals surface area contributed by atoms with Crippen LogP contribution < -0.4 is 0 Å². The zero-order chi connectivity index (χ0) is 44.6. The second kappa shape index (κ2) is 38.7. The molecule has 2 rings (SSSR count). The summed E-state index contributed by atoms with van der Waals surface area (Å²) in [6.45, 7) is 9.41. The molecule has 2 aliphatic rings. The van der Waals surface area contributed by atoms with E-state index in [1.807, 2.05) is 12.2 Å². The first-order valence-corrected chi connectivity index (χ1v) is 24.5. The van der Waals surface area contributed by atoms with Gasteiger partial charge in [0.2, 0.25) is 0 Å². The molecule has 2 saturated heterocycles. The Bertz CT molecular complexity index is 1410. The van der Waals surface area contributed by atoms with Gasteiger partial charge in [0.25, 0.3) is 6.29 Å². The van der Waals surface area contributed by atoms with E-state index in [2.05, 4.69) is 67.4 Å². The standard InChI is InChI=1S/C54H80O8/c1-4-7-10-13-16-17-18-19-20-21-24-27-36-43-51(55)58-46-54(61-52(56)44-37-30-28-34-41-49-47(59-49)39-32-25-22-14-11-8-5-2)62-53(57)45-38-31-29-35-42-50-48(60-50)40-33-26-23-15-12-9-6-3/h5-6,47-50,54H,2-4,7-27,32-33,36-40,43-46H2,1H3/t47-,48-,49-,50-/m1/s1. The zero-order valence-corrected chi connectivity index (χ0v) is 38.6. The minimum absolute atomic E-state index is 0.0310. The maximum atomic E-state index is 12.7. The Balaban J connectivity index is 1.69. The van der Waals surface area contributed by atoms with Crippen molar-refractivity contribution in [1.29, 1.82) is 0 Å². The number of esters is 3. The average Bonchev–Trinajstić information content (AvgIpc) is 4.20. The Labute approximate surface area is 377 Å². The van der Waals surface area contributed by atoms with Crippen LogP contribution in [-0.4, -0.2) is 55.2 Å². The molecular weight excluding hydrogens is 777 g/mol. The molecule has 0 radical (unpaired) electrons. The number of hydrogen-bond donors (Lipinski definition) is 0. The lowest BCUT2D eigenvalue weighted by molar-refractivity contribution is -0.199. The fraction of sp³-hybridized carbons (Fsp3) is 0.722. The van der Waals surface area contributed by atoms with Gasteiger partial charge in [-0.3, -0.25) is 14.4 Å². The Morgan fingerprint density at radius 3 is 1.35 bits per heavy atom. The molecule has 0 N–H and O–H groups in total. The van der Waals surface area contributed by atoms with Crippen LogP contribution in [0.1, 0.15) is 212 Å². The molecule has 8 heteroatoms. The van der Waals surface area contributed by atoms with E-state index in [0.29, 0.717) is 0 Å². The van der Waals surface area contributed by atoms with Crippen molar-refractivity contribution in [1.82, 2.24) is 0 Å². The van der Waals surface area contributed by atoms with E-state index in [9.17, 15) is 14.4 Å². The summed E-state index contributed by atoms with van der Waals surface area (Å²) in [6.07, 6.45) is 35.5. The van der Waals surface area contributed by atoms with Gasteiger partial charge in [-0.25, -0.2) is 0 Å². The molecule has 0 spiro atoms. The molecule has 0 aromatic heterocycles. The van der Waals surface area contributed by atoms with Crippen LogP contribution in [0, 0.1) is 47.4 Å². The quantitative estimate of drug-likeness (QED) is 0.0151. The minimum atomic E-state index is -1.36. The normalized spacial score (nSPS) is 16.8. The zero-order valence-electron chi connectivity index (χ0n) is 38.6. The monoisotopic (exact) mass is 857 g/mol. The topological polar surface area (TPSA) is 104 Å². The van der Waals surface area contributed by atoms with Crippen LogP contribution in [0.3, 0.4) is 0 Å². The van der Waals surface area contributed by atoms with E-state index < -0.39 is 24.2 Å². The van der Waals surface area contributed by atoms with Crippen molar-refractivity contribution >= 4 is 17.9 Å². The fourth-order valence-electron chi connectivity index (χ4n) is 7.09. The predicted octanol–water partition coefficient (Wildman–Crippen LogP) is 12.4. The van der Waals surface area contributed by atoms with Crippen LogP contribution >= 0.6 is 0 Å². The third-order valence-electron chi connectivity index (χ3n) is 11.0. The van der Waals surface area contributed by atoms with Gasteiger partial charge in [-0.2, -0.15) is 0 Å². The van der Waals surface area contributed by atoms with Gasteiger partial charge in [-0.15, -0.1) is 13.2 Å². The summed E-state index contributed by atoms with van der Waals surface area (Å²) in [7, 11) is 0. The lowest BCUT2D eigenvalue weighted by atomic mass is 10.0. The van der Waals surface area contributed by atoms with Gasteiger partial charge in [-0.05, 0) is 68.6 Å². The first-order valence-electron chi connectivity index (χ1n) is 24.5. The van der Waals surface area contributed by atoms with Gasteiger partial charge in [0.15, 0.2) is 6.61 Å². The molecule has 0 aromatic carbocycles. The number of carbonyl (C=O) groups excluding carboxylic acids is 3. The van der Waals surface area contributed by atoms with E-state index in [4.69, 9.17) is 23.7 Å². The van der Waals surface area contributed by atoms with Crippen LogP contribution in [0.5, 0.6) is 0 Å². The second-order valence-corrected chi connectivity index (χ2v) is 16.7. The van der Waals surface area contributed by atoms with Crippen molar-refractivity contribution in [3.05, 3.63) is 25.3 Å². The maximum Gasteiger partial charge on any atom is 0.309 e. The van der Waals surface area contributed by atoms with Crippen LogP contribution in [0.25, 0.3) is 0 Å². The highest BCUT2D eigenvalue weighted by Crippen LogP contribution is 2.28. The molecular formula is C54H80O8. The summed E-state index contributed by atoms with van der Waals surface area (Å²) < 4.78 is 27.5. The summed E-state index contributed by atoms with van der Waals surface area (Å²) in [6, 6.07) is 0. The van der Waals surface area contributed by atoms with Crippen LogP contribution in [0.4, 0.5) is 0 Å². The third kappa shape index (κ3) is 32.7. The number of rotatable bonds is 38. The van der Waals surface area contributed by atoms with Gasteiger partial charge in [0, 0.05) is 19.3 Å². The van der Waals surface area contributed by atoms with Crippen LogP contribution in [0.2, 0.25) is 0 Å². The predicted molar refractivity (Wildman–Crippen MR) is 249 cm³/mol. The van der Waals surface area contributed by atoms with Gasteiger partial charge >= 0.3 is 17.9 Å². The van der Waals surface area contributed by atoms with E-state index in [1.165, 1.54) is 116 Å². The highest BCUT2D eigenvalue weighted by atomic mass is 16.7. The molecule has 2 aliphatic heterocycles. The summed E-state index contributed by atoms with van der Waals surface area (Å²) in [4.78, 5) is 37.9. The van der Waals surface area contributed by atoms with E-state index in [-0.39, 0.29) is 63.1 Å². The van der Waals surface area contributed by atoms with Crippen molar-refractivity contribution < 1.29 is 38.1 Å². The number of unbranched alkanes of at least 4 members (excludes halogenated alkanes) is 22. The number of allylic oxidation sites excluding steroid dienone is 2. The van der Waals surface area contributed by atoms with Gasteiger partial charge < -0.3 is 23.7 Å². The van der Waals surface area contributed by atoms with Gasteiger partial charge in [-0.1, -0.05) is 171 Å². The Morgan fingerprint density at radius 1 is 0.516 bits per heavy atom. The largest absolute Gasteiger partial charge is 0.458 e. The fourth-order valence-corrected chi connectivity index (χ4v) is 7.09. The molecule has 4 atom stereocenters. The molecule has 0 unspecified atom stereocenters. The van der Waals surface area contributed by atoms with Crippen LogP contribution in [-0.2, 0) is 38.1 Å². The van der Waals surface area contributed by atoms with E-state index >= 15 is 0 Å². The van der Waals surface area contributed by atoms with Crippen molar-refractivity contribution in [3.63, 3.8) is 0 Å². The number of carbonyl (C=O) groups is 3. The molecule has 0 bridgehead atoms. The lowest BCUT2D eigenvalue weighted by Gasteiger charge is -2.18. The maximum absolute atomic E-state index is 12.7. The first kappa shape index (κ1) is 54.2. The average molecular weight is 857 g/mol. The Morgan fingerprint density at radius 2 is 0.919 bits per heavy atom. The molecule has 0 amide bonds. The minimum Gasteiger partial charge on any atom is -0.458 e. The number of ether oxygens (including phenoxy) is 5. The molecule has 344 valence electrons. The number of epoxide rings is 2. The summed E-state index contributed by atoms with van der Waals surface area (Å²) in [5.74, 6) is 21.4. The van der Waals surface area contributed by atoms with Crippen molar-refractivity contribution in [2.75, 3.05) is 6.61 Å². The molecule has 2 fully saturated rings. The third-order valence-corrected chi connectivity index (χ3v) is 11.0. The summed E-state index contributed by atoms with van der Waals surface area (Å²) in [5, 5.41) is 0. The Hall–Kier alpha value is -3.95. The van der Waals surface area contributed by atoms with Gasteiger partial charge in [0.05, 0.1) is 25.0 Å². The van der Waals surface area contributed by atoms with Crippen molar-refractivity contribution in [2.24, 2.45) is 0 Å². The van der Waals surface area contributed by atoms with Crippen LogP contribution in [0.15, 0.2) is 25.3 Å². The van der Waals surface area contributed by atoms with E-state index in [1.54, 1.807) is 0 Å². The molecule has 0 aliphatic carbocycles. The SMILES string of the molecule is C=CCCCCCCC[C@H]1O[C@@H]1C#CC#CCCC(=O)OC(COC(=O)CCCCCCCCCCCCCCC)OC(=O)CCC#CC#C[C@H]1O[C@@H]1CCCCCCCC=C. The van der Waals surface area contributed by atoms with Crippen molar-refractivity contribution in [2.45, 2.75) is 243 Å². The highest BCUT2D eigenvalue weighted by Gasteiger charge is 2.37. The Kier molecular flexibility index (Phi) is 33.8. The molecule has 2 heterocycles. The van der Waals surface area contributed by atoms with Gasteiger partial charge in [0.1, 0.15) is 12.2 Å². The molecule has 0 aromatic rings. The van der Waals surface area contributed by atoms with E-state index in [0.717, 1.165) is 57.8 Å². The highest BCUT2D eigenvalue weighted by molar-refractivity contribution is 5.72. The molecule has 0 saturated carbocycles. The lowest BCUT2D eigenvalue weighted by Crippen LogP contribution is -2.30. The smallest absolute Gasteiger partial charge is 0.309 e. The summed E-state index contributed by atoms with van der Waals surface area (Å²) in [5.41, 5.74) is 0.